The molecule has 0 spiro atoms. The van der Waals surface area contributed by atoms with Crippen LogP contribution < -0.4 is 9.46 Å². The van der Waals surface area contributed by atoms with E-state index in [0.29, 0.717) is 17.8 Å². The van der Waals surface area contributed by atoms with E-state index in [2.05, 4.69) is 33.3 Å². The lowest BCUT2D eigenvalue weighted by molar-refractivity contribution is 0.366. The number of hydrogen-bond donors (Lipinski definition) is 2. The number of ether oxygens (including phenoxy) is 1. The van der Waals surface area contributed by atoms with Gasteiger partial charge < -0.3 is 4.74 Å². The number of rotatable bonds is 7. The van der Waals surface area contributed by atoms with Crippen molar-refractivity contribution in [3.05, 3.63) is 53.9 Å². The normalized spacial score (nSPS) is 10.8. The topological polar surface area (TPSA) is 84.1 Å². The molecule has 1 aromatic carbocycles. The molecule has 2 rings (SSSR count). The van der Waals surface area contributed by atoms with Gasteiger partial charge >= 0.3 is 0 Å². The largest absolute Gasteiger partial charge is 0.481 e. The second-order valence-electron chi connectivity index (χ2n) is 5.33. The summed E-state index contributed by atoms with van der Waals surface area (Å²) in [5, 5.41) is 6.55. The number of allylic oxidation sites excluding steroid dienone is 1. The summed E-state index contributed by atoms with van der Waals surface area (Å²) in [6, 6.07) is 7.66. The molecule has 0 atom stereocenters. The Labute approximate surface area is 148 Å². The number of aromatic amines is 1. The van der Waals surface area contributed by atoms with Crippen LogP contribution in [0, 0.1) is 25.7 Å². The third-order valence-corrected chi connectivity index (χ3v) is 5.10. The minimum absolute atomic E-state index is 0.00403. The van der Waals surface area contributed by atoms with Gasteiger partial charge in [-0.05, 0) is 31.9 Å². The maximum absolute atomic E-state index is 12.2. The van der Waals surface area contributed by atoms with Crippen LogP contribution in [0.15, 0.2) is 41.8 Å². The molecule has 0 aliphatic heterocycles. The Balaban J connectivity index is 1.89. The summed E-state index contributed by atoms with van der Waals surface area (Å²) < 4.78 is 32.5. The summed E-state index contributed by atoms with van der Waals surface area (Å²) in [4.78, 5) is 0.170. The molecule has 1 aromatic heterocycles. The molecular weight excluding hydrogens is 338 g/mol. The van der Waals surface area contributed by atoms with Crippen molar-refractivity contribution in [2.75, 3.05) is 13.2 Å². The van der Waals surface area contributed by atoms with Gasteiger partial charge in [0.05, 0.1) is 17.9 Å². The minimum Gasteiger partial charge on any atom is -0.481 e. The standard InChI is InChI=1S/C18H21N3O3S/c1-4-9-16-10-5-6-11-17(16)24-13-8-7-12-19-25(22,23)18-14(2)20-21-15(18)3/h4-6,10-11,19H,1,9,12-13H2,2-3H3,(H,20,21). The summed E-state index contributed by atoms with van der Waals surface area (Å²) in [7, 11) is -3.63. The van der Waals surface area contributed by atoms with E-state index in [1.54, 1.807) is 13.8 Å². The summed E-state index contributed by atoms with van der Waals surface area (Å²) in [6.45, 7) is 7.20. The first-order valence-electron chi connectivity index (χ1n) is 7.74. The van der Waals surface area contributed by atoms with E-state index >= 15 is 0 Å². The highest BCUT2D eigenvalue weighted by molar-refractivity contribution is 7.89. The third kappa shape index (κ3) is 4.95. The lowest BCUT2D eigenvalue weighted by atomic mass is 10.1. The Morgan fingerprint density at radius 1 is 1.32 bits per heavy atom. The molecule has 0 saturated heterocycles. The van der Waals surface area contributed by atoms with Gasteiger partial charge in [-0.3, -0.25) is 5.10 Å². The second kappa shape index (κ2) is 8.51. The molecule has 0 aliphatic carbocycles. The van der Waals surface area contributed by atoms with Crippen LogP contribution in [-0.4, -0.2) is 31.8 Å². The Bertz CT molecular complexity index is 886. The van der Waals surface area contributed by atoms with E-state index in [-0.39, 0.29) is 18.0 Å². The molecule has 25 heavy (non-hydrogen) atoms. The summed E-state index contributed by atoms with van der Waals surface area (Å²) in [6.07, 6.45) is 2.52. The quantitative estimate of drug-likeness (QED) is 0.586. The van der Waals surface area contributed by atoms with E-state index in [1.165, 1.54) is 0 Å². The molecule has 0 bridgehead atoms. The first kappa shape index (κ1) is 18.8. The fourth-order valence-corrected chi connectivity index (χ4v) is 3.63. The summed E-state index contributed by atoms with van der Waals surface area (Å²) >= 11 is 0. The van der Waals surface area contributed by atoms with Crippen LogP contribution in [0.3, 0.4) is 0 Å². The fourth-order valence-electron chi connectivity index (χ4n) is 2.34. The molecule has 132 valence electrons. The molecule has 0 radical (unpaired) electrons. The van der Waals surface area contributed by atoms with Gasteiger partial charge in [0.15, 0.2) is 0 Å². The predicted octanol–water partition coefficient (Wildman–Crippen LogP) is 2.12. The molecule has 0 amide bonds. The van der Waals surface area contributed by atoms with E-state index in [1.807, 2.05) is 30.3 Å². The van der Waals surface area contributed by atoms with Crippen molar-refractivity contribution in [3.8, 4) is 17.6 Å². The Hall–Kier alpha value is -2.56. The highest BCUT2D eigenvalue weighted by Crippen LogP contribution is 2.18. The van der Waals surface area contributed by atoms with Crippen molar-refractivity contribution >= 4 is 10.0 Å². The van der Waals surface area contributed by atoms with Gasteiger partial charge in [0.25, 0.3) is 0 Å². The number of para-hydroxylation sites is 1. The van der Waals surface area contributed by atoms with Gasteiger partial charge in [0.1, 0.15) is 17.3 Å². The van der Waals surface area contributed by atoms with Crippen molar-refractivity contribution in [2.24, 2.45) is 0 Å². The Morgan fingerprint density at radius 2 is 2.08 bits per heavy atom. The van der Waals surface area contributed by atoms with Crippen molar-refractivity contribution in [1.82, 2.24) is 14.9 Å². The first-order chi connectivity index (χ1) is 12.0. The van der Waals surface area contributed by atoms with Crippen molar-refractivity contribution in [1.29, 1.82) is 0 Å². The zero-order chi connectivity index (χ0) is 18.3. The number of nitrogens with one attached hydrogen (secondary N) is 2. The van der Waals surface area contributed by atoms with Gasteiger partial charge in [-0.1, -0.05) is 36.1 Å². The van der Waals surface area contributed by atoms with Crippen LogP contribution >= 0.6 is 0 Å². The average Bonchev–Trinajstić information content (AvgIpc) is 2.92. The average molecular weight is 359 g/mol. The third-order valence-electron chi connectivity index (χ3n) is 3.44. The first-order valence-corrected chi connectivity index (χ1v) is 9.22. The van der Waals surface area contributed by atoms with Gasteiger partial charge in [-0.25, -0.2) is 8.42 Å². The number of aromatic nitrogens is 2. The van der Waals surface area contributed by atoms with Gasteiger partial charge in [0, 0.05) is 0 Å². The highest BCUT2D eigenvalue weighted by Gasteiger charge is 2.21. The lowest BCUT2D eigenvalue weighted by Gasteiger charge is -2.07. The molecule has 7 heteroatoms. The number of hydrogen-bond acceptors (Lipinski definition) is 4. The van der Waals surface area contributed by atoms with Gasteiger partial charge in [0.2, 0.25) is 10.0 Å². The SMILES string of the molecule is C=CCc1ccccc1OCC#CCNS(=O)(=O)c1c(C)n[nH]c1C. The maximum atomic E-state index is 12.2. The number of H-pyrrole nitrogens is 1. The minimum atomic E-state index is -3.63. The zero-order valence-corrected chi connectivity index (χ0v) is 15.1. The van der Waals surface area contributed by atoms with Crippen LogP contribution in [0.2, 0.25) is 0 Å². The van der Waals surface area contributed by atoms with Crippen LogP contribution in [0.5, 0.6) is 5.75 Å². The molecular formula is C18H21N3O3S. The highest BCUT2D eigenvalue weighted by atomic mass is 32.2. The van der Waals surface area contributed by atoms with Gasteiger partial charge in [-0.2, -0.15) is 9.82 Å². The van der Waals surface area contributed by atoms with E-state index < -0.39 is 10.0 Å². The van der Waals surface area contributed by atoms with Crippen molar-refractivity contribution in [3.63, 3.8) is 0 Å². The zero-order valence-electron chi connectivity index (χ0n) is 14.3. The Morgan fingerprint density at radius 3 is 2.76 bits per heavy atom. The van der Waals surface area contributed by atoms with Crippen LogP contribution in [0.25, 0.3) is 0 Å². The fraction of sp³-hybridized carbons (Fsp3) is 0.278. The second-order valence-corrected chi connectivity index (χ2v) is 7.03. The van der Waals surface area contributed by atoms with Crippen molar-refractivity contribution < 1.29 is 13.2 Å². The van der Waals surface area contributed by atoms with Gasteiger partial charge in [-0.15, -0.1) is 6.58 Å². The molecule has 0 aliphatic rings. The molecule has 0 fully saturated rings. The molecule has 1 heterocycles. The molecule has 0 unspecified atom stereocenters. The summed E-state index contributed by atoms with van der Waals surface area (Å²) in [5.74, 6) is 6.30. The Kier molecular flexibility index (Phi) is 6.39. The molecule has 2 aromatic rings. The number of benzene rings is 1. The monoisotopic (exact) mass is 359 g/mol. The smallest absolute Gasteiger partial charge is 0.245 e. The van der Waals surface area contributed by atoms with E-state index in [9.17, 15) is 8.42 Å². The maximum Gasteiger partial charge on any atom is 0.245 e. The van der Waals surface area contributed by atoms with Crippen LogP contribution in [0.1, 0.15) is 17.0 Å². The number of sulfonamides is 1. The lowest BCUT2D eigenvalue weighted by Crippen LogP contribution is -2.25. The number of nitrogens with zero attached hydrogens (tertiary/aromatic N) is 1. The van der Waals surface area contributed by atoms with Crippen LogP contribution in [0.4, 0.5) is 0 Å². The summed E-state index contributed by atoms with van der Waals surface area (Å²) in [5.41, 5.74) is 1.96. The predicted molar refractivity (Wildman–Crippen MR) is 96.9 cm³/mol. The van der Waals surface area contributed by atoms with E-state index in [0.717, 1.165) is 11.3 Å². The number of aryl methyl sites for hydroxylation is 2. The molecule has 6 nitrogen and oxygen atoms in total. The van der Waals surface area contributed by atoms with Crippen LogP contribution in [-0.2, 0) is 16.4 Å². The molecule has 0 saturated carbocycles. The van der Waals surface area contributed by atoms with E-state index in [4.69, 9.17) is 4.74 Å². The molecule has 2 N–H and O–H groups in total. The van der Waals surface area contributed by atoms with Crippen molar-refractivity contribution in [2.45, 2.75) is 25.2 Å².